The summed E-state index contributed by atoms with van der Waals surface area (Å²) in [5.74, 6) is 0.453. The Hall–Kier alpha value is -1.41. The third kappa shape index (κ3) is 2.95. The van der Waals surface area contributed by atoms with Crippen LogP contribution in [0.3, 0.4) is 0 Å². The van der Waals surface area contributed by atoms with Crippen LogP contribution in [0.4, 0.5) is 0 Å². The Morgan fingerprint density at radius 1 is 1.11 bits per heavy atom. The van der Waals surface area contributed by atoms with Gasteiger partial charge in [0.2, 0.25) is 0 Å². The molecular weight excluding hydrogens is 234 g/mol. The zero-order valence-electron chi connectivity index (χ0n) is 11.3. The van der Waals surface area contributed by atoms with Crippen LogP contribution in [0.15, 0.2) is 36.4 Å². The molecule has 0 bridgehead atoms. The van der Waals surface area contributed by atoms with E-state index in [0.717, 1.165) is 38.8 Å². The minimum absolute atomic E-state index is 0.453. The van der Waals surface area contributed by atoms with Gasteiger partial charge >= 0.3 is 0 Å². The van der Waals surface area contributed by atoms with Crippen LogP contribution in [0.1, 0.15) is 37.7 Å². The van der Waals surface area contributed by atoms with Crippen LogP contribution in [0.2, 0.25) is 0 Å². The first-order chi connectivity index (χ1) is 9.33. The third-order valence-electron chi connectivity index (χ3n) is 4.36. The van der Waals surface area contributed by atoms with Crippen molar-refractivity contribution in [2.45, 2.75) is 38.1 Å². The lowest BCUT2D eigenvalue weighted by Gasteiger charge is -2.35. The van der Waals surface area contributed by atoms with E-state index in [4.69, 9.17) is 0 Å². The molecule has 1 atom stereocenters. The maximum absolute atomic E-state index is 11.6. The van der Waals surface area contributed by atoms with Gasteiger partial charge in [-0.3, -0.25) is 9.69 Å². The minimum Gasteiger partial charge on any atom is -0.300 e. The second-order valence-corrected chi connectivity index (χ2v) is 5.63. The second kappa shape index (κ2) is 5.70. The smallest absolute Gasteiger partial charge is 0.134 e. The molecule has 1 unspecified atom stereocenters. The number of Topliss-reactive ketones (excluding diaryl/α,β-unsaturated/α-hetero) is 1. The van der Waals surface area contributed by atoms with Crippen LogP contribution in [0, 0.1) is 0 Å². The molecule has 1 aromatic carbocycles. The lowest BCUT2D eigenvalue weighted by Crippen LogP contribution is -2.41. The van der Waals surface area contributed by atoms with E-state index in [0.29, 0.717) is 11.8 Å². The van der Waals surface area contributed by atoms with Gasteiger partial charge in [-0.2, -0.15) is 0 Å². The highest BCUT2D eigenvalue weighted by Crippen LogP contribution is 2.27. The summed E-state index contributed by atoms with van der Waals surface area (Å²) in [5.41, 5.74) is 2.81. The topological polar surface area (TPSA) is 20.3 Å². The van der Waals surface area contributed by atoms with Gasteiger partial charge in [0.1, 0.15) is 5.78 Å². The van der Waals surface area contributed by atoms with Gasteiger partial charge in [0.05, 0.1) is 0 Å². The number of hydrogen-bond acceptors (Lipinski definition) is 2. The third-order valence-corrected chi connectivity index (χ3v) is 4.36. The molecule has 1 aromatic rings. The molecule has 2 aliphatic rings. The lowest BCUT2D eigenvalue weighted by atomic mass is 9.91. The van der Waals surface area contributed by atoms with Crippen molar-refractivity contribution < 1.29 is 4.79 Å². The van der Waals surface area contributed by atoms with Crippen molar-refractivity contribution in [2.24, 2.45) is 0 Å². The molecule has 0 saturated heterocycles. The molecule has 1 fully saturated rings. The first kappa shape index (κ1) is 12.6. The highest BCUT2D eigenvalue weighted by atomic mass is 16.1. The number of benzene rings is 1. The number of nitrogens with zero attached hydrogens (tertiary/aromatic N) is 1. The number of ketones is 1. The molecular formula is C17H21NO. The molecule has 0 aromatic heterocycles. The lowest BCUT2D eigenvalue weighted by molar-refractivity contribution is -0.121. The van der Waals surface area contributed by atoms with E-state index < -0.39 is 0 Å². The average Bonchev–Trinajstić information content (AvgIpc) is 2.48. The van der Waals surface area contributed by atoms with Crippen molar-refractivity contribution in [2.75, 3.05) is 13.1 Å². The summed E-state index contributed by atoms with van der Waals surface area (Å²) in [6.07, 6.45) is 7.30. The minimum atomic E-state index is 0.453. The molecule has 100 valence electrons. The Bertz CT molecular complexity index is 477. The molecule has 1 saturated carbocycles. The quantitative estimate of drug-likeness (QED) is 0.808. The molecule has 1 heterocycles. The maximum atomic E-state index is 11.6. The van der Waals surface area contributed by atoms with Crippen molar-refractivity contribution in [3.8, 4) is 0 Å². The fourth-order valence-corrected chi connectivity index (χ4v) is 3.24. The molecule has 2 heteroatoms. The standard InChI is InChI=1S/C17H21NO/c19-17-8-4-7-16(13-17)18-11-9-15(10-12-18)14-5-2-1-3-6-14/h1-3,5-6,9,16H,4,7-8,10-13H2. The van der Waals surface area contributed by atoms with Crippen LogP contribution in [-0.2, 0) is 4.79 Å². The normalized spacial score (nSPS) is 25.2. The molecule has 0 N–H and O–H groups in total. The van der Waals surface area contributed by atoms with Crippen LogP contribution >= 0.6 is 0 Å². The zero-order valence-corrected chi connectivity index (χ0v) is 11.3. The van der Waals surface area contributed by atoms with Gasteiger partial charge in [0, 0.05) is 32.0 Å². The van der Waals surface area contributed by atoms with Crippen molar-refractivity contribution in [3.63, 3.8) is 0 Å². The molecule has 2 nitrogen and oxygen atoms in total. The predicted molar refractivity (Wildman–Crippen MR) is 77.9 cm³/mol. The van der Waals surface area contributed by atoms with Gasteiger partial charge < -0.3 is 0 Å². The van der Waals surface area contributed by atoms with E-state index in [1.165, 1.54) is 17.6 Å². The highest BCUT2D eigenvalue weighted by Gasteiger charge is 2.26. The van der Waals surface area contributed by atoms with E-state index in [1.807, 2.05) is 0 Å². The molecule has 3 rings (SSSR count). The van der Waals surface area contributed by atoms with Crippen molar-refractivity contribution in [3.05, 3.63) is 42.0 Å². The molecule has 0 spiro atoms. The Kier molecular flexibility index (Phi) is 3.79. The molecule has 1 aliphatic carbocycles. The van der Waals surface area contributed by atoms with E-state index in [1.54, 1.807) is 0 Å². The van der Waals surface area contributed by atoms with Gasteiger partial charge in [-0.05, 0) is 30.4 Å². The number of carbonyl (C=O) groups is 1. The van der Waals surface area contributed by atoms with E-state index in [9.17, 15) is 4.79 Å². The summed E-state index contributed by atoms with van der Waals surface area (Å²) in [5, 5.41) is 0. The van der Waals surface area contributed by atoms with E-state index >= 15 is 0 Å². The Balaban J connectivity index is 1.65. The largest absolute Gasteiger partial charge is 0.300 e. The van der Waals surface area contributed by atoms with Crippen LogP contribution in [0.5, 0.6) is 0 Å². The first-order valence-electron chi connectivity index (χ1n) is 7.33. The molecule has 19 heavy (non-hydrogen) atoms. The van der Waals surface area contributed by atoms with Crippen LogP contribution in [-0.4, -0.2) is 29.8 Å². The SMILES string of the molecule is O=C1CCCC(N2CC=C(c3ccccc3)CC2)C1. The number of carbonyl (C=O) groups excluding carboxylic acids is 1. The molecule has 0 radical (unpaired) electrons. The molecule has 0 amide bonds. The van der Waals surface area contributed by atoms with Gasteiger partial charge in [0.15, 0.2) is 0 Å². The Morgan fingerprint density at radius 3 is 2.63 bits per heavy atom. The van der Waals surface area contributed by atoms with Gasteiger partial charge in [-0.15, -0.1) is 0 Å². The summed E-state index contributed by atoms with van der Waals surface area (Å²) >= 11 is 0. The zero-order chi connectivity index (χ0) is 13.1. The van der Waals surface area contributed by atoms with Crippen LogP contribution < -0.4 is 0 Å². The molecule has 1 aliphatic heterocycles. The summed E-state index contributed by atoms with van der Waals surface area (Å²) < 4.78 is 0. The monoisotopic (exact) mass is 255 g/mol. The van der Waals surface area contributed by atoms with Crippen LogP contribution in [0.25, 0.3) is 5.57 Å². The second-order valence-electron chi connectivity index (χ2n) is 5.63. The Labute approximate surface area is 115 Å². The van der Waals surface area contributed by atoms with Gasteiger partial charge in [0.25, 0.3) is 0 Å². The summed E-state index contributed by atoms with van der Waals surface area (Å²) in [6, 6.07) is 11.1. The summed E-state index contributed by atoms with van der Waals surface area (Å²) in [7, 11) is 0. The van der Waals surface area contributed by atoms with Gasteiger partial charge in [-0.1, -0.05) is 36.4 Å². The number of hydrogen-bond donors (Lipinski definition) is 0. The van der Waals surface area contributed by atoms with E-state index in [-0.39, 0.29) is 0 Å². The average molecular weight is 255 g/mol. The fraction of sp³-hybridized carbons (Fsp3) is 0.471. The Morgan fingerprint density at radius 2 is 1.95 bits per heavy atom. The first-order valence-corrected chi connectivity index (χ1v) is 7.33. The highest BCUT2D eigenvalue weighted by molar-refractivity contribution is 5.79. The number of rotatable bonds is 2. The van der Waals surface area contributed by atoms with Crippen molar-refractivity contribution in [1.29, 1.82) is 0 Å². The van der Waals surface area contributed by atoms with Gasteiger partial charge in [-0.25, -0.2) is 0 Å². The van der Waals surface area contributed by atoms with Crippen molar-refractivity contribution in [1.82, 2.24) is 4.90 Å². The maximum Gasteiger partial charge on any atom is 0.134 e. The predicted octanol–water partition coefficient (Wildman–Crippen LogP) is 3.29. The fourth-order valence-electron chi connectivity index (χ4n) is 3.24. The summed E-state index contributed by atoms with van der Waals surface area (Å²) in [6.45, 7) is 2.10. The van der Waals surface area contributed by atoms with E-state index in [2.05, 4.69) is 41.3 Å². The summed E-state index contributed by atoms with van der Waals surface area (Å²) in [4.78, 5) is 14.0. The van der Waals surface area contributed by atoms with Crippen molar-refractivity contribution >= 4 is 11.4 Å².